The molecule has 7 heteroatoms. The van der Waals surface area contributed by atoms with Crippen molar-refractivity contribution in [1.29, 1.82) is 0 Å². The molecule has 4 bridgehead atoms. The van der Waals surface area contributed by atoms with Gasteiger partial charge in [-0.3, -0.25) is 19.7 Å². The first-order valence-electron chi connectivity index (χ1n) is 12.0. The summed E-state index contributed by atoms with van der Waals surface area (Å²) in [6.45, 7) is 2.42. The standard InChI is InChI=1S/C25H33N3O4/c1-16-5-7-17(8-6-16)15-27-21(3-2-4-22(29)26-32)23(30)28(24(27)31)25-12-18-9-19(13-25)11-20(10-18)14-25/h5-8,18-21,32H,2-4,9-15H2,1H3,(H,26,29). The highest BCUT2D eigenvalue weighted by Crippen LogP contribution is 2.58. The Morgan fingerprint density at radius 3 is 2.22 bits per heavy atom. The topological polar surface area (TPSA) is 90.0 Å². The van der Waals surface area contributed by atoms with Gasteiger partial charge in [-0.15, -0.1) is 0 Å². The van der Waals surface area contributed by atoms with Crippen LogP contribution in [0.4, 0.5) is 4.79 Å². The third kappa shape index (κ3) is 3.70. The third-order valence-electron chi connectivity index (χ3n) is 8.28. The van der Waals surface area contributed by atoms with Crippen LogP contribution in [0.5, 0.6) is 0 Å². The molecular formula is C25H33N3O4. The van der Waals surface area contributed by atoms with Gasteiger partial charge >= 0.3 is 6.03 Å². The maximum atomic E-state index is 13.8. The average molecular weight is 440 g/mol. The number of imide groups is 1. The lowest BCUT2D eigenvalue weighted by Gasteiger charge is -2.58. The number of aryl methyl sites for hydroxylation is 1. The number of hydrogen-bond acceptors (Lipinski definition) is 4. The number of urea groups is 1. The summed E-state index contributed by atoms with van der Waals surface area (Å²) >= 11 is 0. The maximum Gasteiger partial charge on any atom is 0.328 e. The van der Waals surface area contributed by atoms with Crippen molar-refractivity contribution in [3.05, 3.63) is 35.4 Å². The Bertz CT molecular complexity index is 877. The van der Waals surface area contributed by atoms with Crippen LogP contribution >= 0.6 is 0 Å². The van der Waals surface area contributed by atoms with E-state index in [-0.39, 0.29) is 23.9 Å². The first-order valence-corrected chi connectivity index (χ1v) is 12.0. The van der Waals surface area contributed by atoms with Crippen molar-refractivity contribution in [2.45, 2.75) is 82.8 Å². The van der Waals surface area contributed by atoms with Crippen LogP contribution in [-0.4, -0.2) is 44.4 Å². The van der Waals surface area contributed by atoms with Crippen LogP contribution < -0.4 is 5.48 Å². The van der Waals surface area contributed by atoms with E-state index in [1.54, 1.807) is 15.3 Å². The monoisotopic (exact) mass is 439 g/mol. The molecule has 1 aromatic rings. The van der Waals surface area contributed by atoms with Crippen molar-refractivity contribution in [3.63, 3.8) is 0 Å². The Kier molecular flexibility index (Phi) is 5.48. The highest BCUT2D eigenvalue weighted by Gasteiger charge is 2.60. The smallest absolute Gasteiger partial charge is 0.308 e. The second-order valence-corrected chi connectivity index (χ2v) is 10.7. The molecule has 1 aromatic carbocycles. The van der Waals surface area contributed by atoms with E-state index in [1.165, 1.54) is 19.3 Å². The zero-order chi connectivity index (χ0) is 22.5. The van der Waals surface area contributed by atoms with Gasteiger partial charge in [0.1, 0.15) is 6.04 Å². The molecule has 1 heterocycles. The fourth-order valence-corrected chi connectivity index (χ4v) is 7.27. The lowest BCUT2D eigenvalue weighted by molar-refractivity contribution is -0.141. The van der Waals surface area contributed by atoms with Crippen LogP contribution in [0.25, 0.3) is 0 Å². The van der Waals surface area contributed by atoms with E-state index in [9.17, 15) is 14.4 Å². The second kappa shape index (κ2) is 8.18. The Balaban J connectivity index is 1.41. The van der Waals surface area contributed by atoms with E-state index < -0.39 is 11.9 Å². The molecule has 7 nitrogen and oxygen atoms in total. The third-order valence-corrected chi connectivity index (χ3v) is 8.28. The van der Waals surface area contributed by atoms with Gasteiger partial charge in [-0.1, -0.05) is 29.8 Å². The van der Waals surface area contributed by atoms with Gasteiger partial charge in [-0.2, -0.15) is 0 Å². The van der Waals surface area contributed by atoms with E-state index in [0.29, 0.717) is 37.1 Å². The molecule has 0 aromatic heterocycles. The van der Waals surface area contributed by atoms with E-state index in [4.69, 9.17) is 5.21 Å². The lowest BCUT2D eigenvalue weighted by Crippen LogP contribution is -2.62. The minimum atomic E-state index is -0.552. The molecule has 5 fully saturated rings. The van der Waals surface area contributed by atoms with Gasteiger partial charge in [-0.05, 0) is 81.6 Å². The summed E-state index contributed by atoms with van der Waals surface area (Å²) in [5, 5.41) is 8.79. The Morgan fingerprint density at radius 1 is 1.06 bits per heavy atom. The van der Waals surface area contributed by atoms with Gasteiger partial charge in [0.2, 0.25) is 5.91 Å². The van der Waals surface area contributed by atoms with Crippen molar-refractivity contribution in [2.75, 3.05) is 0 Å². The Hall–Kier alpha value is -2.41. The second-order valence-electron chi connectivity index (χ2n) is 10.7. The summed E-state index contributed by atoms with van der Waals surface area (Å²) in [7, 11) is 0. The number of hydroxylamine groups is 1. The number of benzene rings is 1. The molecule has 0 radical (unpaired) electrons. The minimum absolute atomic E-state index is 0.0894. The zero-order valence-electron chi connectivity index (χ0n) is 18.8. The number of rotatable bonds is 7. The van der Waals surface area contributed by atoms with Crippen molar-refractivity contribution >= 4 is 17.8 Å². The summed E-state index contributed by atoms with van der Waals surface area (Å²) in [6.07, 6.45) is 7.61. The summed E-state index contributed by atoms with van der Waals surface area (Å²) in [5.41, 5.74) is 3.49. The number of carbonyl (C=O) groups is 3. The highest BCUT2D eigenvalue weighted by atomic mass is 16.5. The fraction of sp³-hybridized carbons (Fsp3) is 0.640. The van der Waals surface area contributed by atoms with Crippen LogP contribution in [0.1, 0.15) is 68.9 Å². The van der Waals surface area contributed by atoms with Gasteiger partial charge in [0.25, 0.3) is 5.91 Å². The highest BCUT2D eigenvalue weighted by molar-refractivity contribution is 6.05. The quantitative estimate of drug-likeness (QED) is 0.384. The Morgan fingerprint density at radius 2 is 1.66 bits per heavy atom. The van der Waals surface area contributed by atoms with Crippen LogP contribution in [0.2, 0.25) is 0 Å². The normalized spacial score (nSPS) is 33.3. The molecule has 32 heavy (non-hydrogen) atoms. The van der Waals surface area contributed by atoms with Crippen molar-refractivity contribution in [1.82, 2.24) is 15.3 Å². The van der Waals surface area contributed by atoms with E-state index in [0.717, 1.165) is 30.4 Å². The van der Waals surface area contributed by atoms with E-state index >= 15 is 0 Å². The van der Waals surface area contributed by atoms with Crippen LogP contribution in [0, 0.1) is 24.7 Å². The Labute approximate surface area is 189 Å². The minimum Gasteiger partial charge on any atom is -0.308 e. The molecule has 5 aliphatic rings. The number of nitrogens with zero attached hydrogens (tertiary/aromatic N) is 2. The predicted octanol–water partition coefficient (Wildman–Crippen LogP) is 3.77. The number of carbonyl (C=O) groups excluding carboxylic acids is 3. The molecule has 172 valence electrons. The zero-order valence-corrected chi connectivity index (χ0v) is 18.8. The molecule has 1 saturated heterocycles. The first kappa shape index (κ1) is 21.4. The van der Waals surface area contributed by atoms with Gasteiger partial charge in [-0.25, -0.2) is 10.3 Å². The molecule has 2 N–H and O–H groups in total. The van der Waals surface area contributed by atoms with Crippen molar-refractivity contribution in [2.24, 2.45) is 17.8 Å². The maximum absolute atomic E-state index is 13.8. The van der Waals surface area contributed by atoms with E-state index in [1.807, 2.05) is 31.2 Å². The average Bonchev–Trinajstić information content (AvgIpc) is 2.98. The molecule has 4 amide bonds. The van der Waals surface area contributed by atoms with Gasteiger partial charge < -0.3 is 4.90 Å². The molecule has 1 unspecified atom stereocenters. The van der Waals surface area contributed by atoms with Gasteiger partial charge in [0.05, 0.1) is 5.54 Å². The molecule has 0 spiro atoms. The van der Waals surface area contributed by atoms with Gasteiger partial charge in [0.15, 0.2) is 0 Å². The number of nitrogens with one attached hydrogen (secondary N) is 1. The van der Waals surface area contributed by atoms with Crippen LogP contribution in [0.3, 0.4) is 0 Å². The molecule has 4 saturated carbocycles. The number of amides is 4. The molecule has 6 rings (SSSR count). The molecule has 1 atom stereocenters. The largest absolute Gasteiger partial charge is 0.328 e. The van der Waals surface area contributed by atoms with Crippen LogP contribution in [0.15, 0.2) is 24.3 Å². The molecular weight excluding hydrogens is 406 g/mol. The number of hydrogen-bond donors (Lipinski definition) is 2. The molecule has 4 aliphatic carbocycles. The summed E-state index contributed by atoms with van der Waals surface area (Å²) in [4.78, 5) is 42.4. The summed E-state index contributed by atoms with van der Waals surface area (Å²) < 4.78 is 0. The summed E-state index contributed by atoms with van der Waals surface area (Å²) in [6, 6.07) is 7.36. The first-order chi connectivity index (χ1) is 15.4. The van der Waals surface area contributed by atoms with Crippen LogP contribution in [-0.2, 0) is 16.1 Å². The molecule has 1 aliphatic heterocycles. The van der Waals surface area contributed by atoms with E-state index in [2.05, 4.69) is 0 Å². The predicted molar refractivity (Wildman–Crippen MR) is 117 cm³/mol. The lowest BCUT2D eigenvalue weighted by atomic mass is 9.52. The van der Waals surface area contributed by atoms with Gasteiger partial charge in [0, 0.05) is 13.0 Å². The summed E-state index contributed by atoms with van der Waals surface area (Å²) in [5.74, 6) is 1.36. The van der Waals surface area contributed by atoms with Crippen molar-refractivity contribution < 1.29 is 19.6 Å². The van der Waals surface area contributed by atoms with Crippen molar-refractivity contribution in [3.8, 4) is 0 Å². The SMILES string of the molecule is Cc1ccc(CN2C(=O)N(C34CC5CC(CC(C5)C3)C4)C(=O)C2CCCC(=O)NO)cc1. The fourth-order valence-electron chi connectivity index (χ4n) is 7.27.